The molecular formula is C12H18N2O3. The number of rotatable bonds is 3. The van der Waals surface area contributed by atoms with Crippen LogP contribution in [0.5, 0.6) is 0 Å². The first-order valence-corrected chi connectivity index (χ1v) is 5.61. The van der Waals surface area contributed by atoms with Crippen LogP contribution in [0.15, 0.2) is 0 Å². The Labute approximate surface area is 101 Å². The van der Waals surface area contributed by atoms with Gasteiger partial charge in [0.25, 0.3) is 11.8 Å². The molecule has 5 heteroatoms. The summed E-state index contributed by atoms with van der Waals surface area (Å²) >= 11 is 0. The van der Waals surface area contributed by atoms with Gasteiger partial charge in [-0.15, -0.1) is 0 Å². The van der Waals surface area contributed by atoms with Crippen LogP contribution in [-0.2, 0) is 14.3 Å². The van der Waals surface area contributed by atoms with E-state index in [2.05, 4.69) is 17.2 Å². The Balaban J connectivity index is 2.33. The summed E-state index contributed by atoms with van der Waals surface area (Å²) in [6.45, 7) is 2.02. The predicted molar refractivity (Wildman–Crippen MR) is 63.0 cm³/mol. The normalized spacial score (nSPS) is 22.5. The largest absolute Gasteiger partial charge is 0.363 e. The van der Waals surface area contributed by atoms with Crippen molar-refractivity contribution in [2.75, 3.05) is 20.6 Å². The lowest BCUT2D eigenvalue weighted by molar-refractivity contribution is -0.140. The minimum absolute atomic E-state index is 0.0211. The molecule has 5 nitrogen and oxygen atoms in total. The zero-order chi connectivity index (χ0) is 12.8. The summed E-state index contributed by atoms with van der Waals surface area (Å²) in [6, 6.07) is 0. The van der Waals surface area contributed by atoms with E-state index in [-0.39, 0.29) is 24.0 Å². The van der Waals surface area contributed by atoms with Gasteiger partial charge < -0.3 is 15.0 Å². The molecule has 2 unspecified atom stereocenters. The number of nitrogens with zero attached hydrogens (tertiary/aromatic N) is 1. The van der Waals surface area contributed by atoms with E-state index < -0.39 is 0 Å². The molecule has 0 aliphatic carbocycles. The predicted octanol–water partition coefficient (Wildman–Crippen LogP) is -0.238. The van der Waals surface area contributed by atoms with Crippen LogP contribution in [-0.4, -0.2) is 49.6 Å². The molecule has 1 aliphatic rings. The number of ether oxygens (including phenoxy) is 1. The molecule has 1 saturated heterocycles. The number of nitrogens with one attached hydrogen (secondary N) is 1. The Kier molecular flexibility index (Phi) is 4.98. The highest BCUT2D eigenvalue weighted by atomic mass is 16.5. The van der Waals surface area contributed by atoms with E-state index in [0.717, 1.165) is 6.42 Å². The summed E-state index contributed by atoms with van der Waals surface area (Å²) in [4.78, 5) is 24.3. The standard InChI is InChI=1S/C12H18N2O3/c1-4-5-11(15)13-8-9-6-7-10(17-9)12(16)14(2)3/h9-10H,6-8H2,1-3H3,(H,13,15). The van der Waals surface area contributed by atoms with Crippen LogP contribution in [0.2, 0.25) is 0 Å². The third-order valence-corrected chi connectivity index (χ3v) is 2.55. The zero-order valence-electron chi connectivity index (χ0n) is 10.4. The summed E-state index contributed by atoms with van der Waals surface area (Å²) in [7, 11) is 3.41. The van der Waals surface area contributed by atoms with Crippen LogP contribution in [0.4, 0.5) is 0 Å². The quantitative estimate of drug-likeness (QED) is 0.690. The van der Waals surface area contributed by atoms with Crippen molar-refractivity contribution in [2.45, 2.75) is 32.0 Å². The number of carbonyl (C=O) groups is 2. The zero-order valence-corrected chi connectivity index (χ0v) is 10.4. The highest BCUT2D eigenvalue weighted by molar-refractivity contribution is 5.93. The molecule has 0 saturated carbocycles. The van der Waals surface area contributed by atoms with Gasteiger partial charge in [-0.3, -0.25) is 9.59 Å². The van der Waals surface area contributed by atoms with Gasteiger partial charge in [0.1, 0.15) is 6.10 Å². The molecule has 0 radical (unpaired) electrons. The van der Waals surface area contributed by atoms with E-state index in [4.69, 9.17) is 4.74 Å². The fourth-order valence-electron chi connectivity index (χ4n) is 1.69. The Bertz CT molecular complexity index is 354. The molecular weight excluding hydrogens is 220 g/mol. The summed E-state index contributed by atoms with van der Waals surface area (Å²) in [5.41, 5.74) is 0. The average molecular weight is 238 g/mol. The van der Waals surface area contributed by atoms with Gasteiger partial charge in [-0.2, -0.15) is 0 Å². The van der Waals surface area contributed by atoms with Crippen LogP contribution < -0.4 is 5.32 Å². The maximum atomic E-state index is 11.6. The molecule has 0 aromatic carbocycles. The molecule has 0 bridgehead atoms. The third kappa shape index (κ3) is 4.08. The van der Waals surface area contributed by atoms with Gasteiger partial charge in [0, 0.05) is 20.6 Å². The van der Waals surface area contributed by atoms with Gasteiger partial charge in [0.05, 0.1) is 6.10 Å². The SMILES string of the molecule is CC#CC(=O)NCC1CCC(C(=O)N(C)C)O1. The van der Waals surface area contributed by atoms with Crippen LogP contribution in [0, 0.1) is 11.8 Å². The van der Waals surface area contributed by atoms with Crippen molar-refractivity contribution < 1.29 is 14.3 Å². The lowest BCUT2D eigenvalue weighted by Gasteiger charge is -2.17. The van der Waals surface area contributed by atoms with Crippen molar-refractivity contribution in [1.29, 1.82) is 0 Å². The molecule has 1 N–H and O–H groups in total. The minimum Gasteiger partial charge on any atom is -0.363 e. The molecule has 0 aromatic heterocycles. The van der Waals surface area contributed by atoms with E-state index in [1.54, 1.807) is 21.0 Å². The second kappa shape index (κ2) is 6.26. The van der Waals surface area contributed by atoms with Crippen molar-refractivity contribution in [3.63, 3.8) is 0 Å². The molecule has 17 heavy (non-hydrogen) atoms. The van der Waals surface area contributed by atoms with Gasteiger partial charge in [-0.25, -0.2) is 0 Å². The second-order valence-electron chi connectivity index (χ2n) is 4.14. The third-order valence-electron chi connectivity index (χ3n) is 2.55. The van der Waals surface area contributed by atoms with Crippen molar-refractivity contribution in [1.82, 2.24) is 10.2 Å². The van der Waals surface area contributed by atoms with Crippen molar-refractivity contribution in [2.24, 2.45) is 0 Å². The fourth-order valence-corrected chi connectivity index (χ4v) is 1.69. The van der Waals surface area contributed by atoms with E-state index >= 15 is 0 Å². The summed E-state index contributed by atoms with van der Waals surface area (Å²) in [6.07, 6.45) is 1.02. The number of carbonyl (C=O) groups excluding carboxylic acids is 2. The molecule has 1 rings (SSSR count). The molecule has 94 valence electrons. The van der Waals surface area contributed by atoms with E-state index in [0.29, 0.717) is 13.0 Å². The van der Waals surface area contributed by atoms with E-state index in [9.17, 15) is 9.59 Å². The molecule has 1 fully saturated rings. The lowest BCUT2D eigenvalue weighted by atomic mass is 10.2. The minimum atomic E-state index is -0.371. The van der Waals surface area contributed by atoms with Gasteiger partial charge in [0.15, 0.2) is 0 Å². The average Bonchev–Trinajstić information content (AvgIpc) is 2.74. The van der Waals surface area contributed by atoms with Crippen molar-refractivity contribution in [3.05, 3.63) is 0 Å². The maximum absolute atomic E-state index is 11.6. The van der Waals surface area contributed by atoms with Gasteiger partial charge in [-0.1, -0.05) is 5.92 Å². The van der Waals surface area contributed by atoms with Gasteiger partial charge in [-0.05, 0) is 25.7 Å². The smallest absolute Gasteiger partial charge is 0.295 e. The number of hydrogen-bond acceptors (Lipinski definition) is 3. The molecule has 2 amide bonds. The molecule has 2 atom stereocenters. The van der Waals surface area contributed by atoms with Gasteiger partial charge >= 0.3 is 0 Å². The summed E-state index contributed by atoms with van der Waals surface area (Å²) in [5.74, 6) is 4.58. The Morgan fingerprint density at radius 1 is 1.41 bits per heavy atom. The maximum Gasteiger partial charge on any atom is 0.295 e. The fraction of sp³-hybridized carbons (Fsp3) is 0.667. The highest BCUT2D eigenvalue weighted by Gasteiger charge is 2.31. The number of hydrogen-bond donors (Lipinski definition) is 1. The molecule has 1 heterocycles. The lowest BCUT2D eigenvalue weighted by Crippen LogP contribution is -2.36. The second-order valence-corrected chi connectivity index (χ2v) is 4.14. The van der Waals surface area contributed by atoms with Crippen LogP contribution in [0.1, 0.15) is 19.8 Å². The van der Waals surface area contributed by atoms with Crippen LogP contribution in [0.25, 0.3) is 0 Å². The Hall–Kier alpha value is -1.54. The highest BCUT2D eigenvalue weighted by Crippen LogP contribution is 2.20. The number of amides is 2. The number of likely N-dealkylation sites (N-methyl/N-ethyl adjacent to an activating group) is 1. The van der Waals surface area contributed by atoms with Crippen LogP contribution >= 0.6 is 0 Å². The first-order chi connectivity index (χ1) is 8.04. The molecule has 1 aliphatic heterocycles. The molecule has 0 aromatic rings. The van der Waals surface area contributed by atoms with E-state index in [1.807, 2.05) is 0 Å². The first-order valence-electron chi connectivity index (χ1n) is 5.61. The van der Waals surface area contributed by atoms with Crippen molar-refractivity contribution in [3.8, 4) is 11.8 Å². The topological polar surface area (TPSA) is 58.6 Å². The Morgan fingerprint density at radius 2 is 2.12 bits per heavy atom. The Morgan fingerprint density at radius 3 is 2.71 bits per heavy atom. The van der Waals surface area contributed by atoms with E-state index in [1.165, 1.54) is 4.90 Å². The van der Waals surface area contributed by atoms with Crippen LogP contribution in [0.3, 0.4) is 0 Å². The summed E-state index contributed by atoms with van der Waals surface area (Å²) < 4.78 is 5.56. The summed E-state index contributed by atoms with van der Waals surface area (Å²) in [5, 5.41) is 2.65. The first kappa shape index (κ1) is 13.5. The van der Waals surface area contributed by atoms with Crippen molar-refractivity contribution >= 4 is 11.8 Å². The molecule has 0 spiro atoms. The monoisotopic (exact) mass is 238 g/mol. The van der Waals surface area contributed by atoms with Gasteiger partial charge in [0.2, 0.25) is 0 Å².